The number of benzene rings is 1. The lowest BCUT2D eigenvalue weighted by molar-refractivity contribution is -0.118. The van der Waals surface area contributed by atoms with Crippen molar-refractivity contribution in [3.63, 3.8) is 0 Å². The summed E-state index contributed by atoms with van der Waals surface area (Å²) in [5.41, 5.74) is 4.28. The van der Waals surface area contributed by atoms with E-state index in [0.29, 0.717) is 12.3 Å². The monoisotopic (exact) mass is 472 g/mol. The number of amides is 1. The van der Waals surface area contributed by atoms with Crippen LogP contribution in [0.2, 0.25) is 0 Å². The van der Waals surface area contributed by atoms with E-state index in [-0.39, 0.29) is 12.0 Å². The van der Waals surface area contributed by atoms with Gasteiger partial charge in [-0.3, -0.25) is 9.48 Å². The molecule has 2 N–H and O–H groups in total. The lowest BCUT2D eigenvalue weighted by Gasteiger charge is -2.08. The predicted molar refractivity (Wildman–Crippen MR) is 127 cm³/mol. The molecule has 1 aromatic carbocycles. The Balaban J connectivity index is 1.23. The first kappa shape index (κ1) is 22.8. The Morgan fingerprint density at radius 3 is 2.91 bits per heavy atom. The van der Waals surface area contributed by atoms with Gasteiger partial charge in [0.05, 0.1) is 24.1 Å². The lowest BCUT2D eigenvalue weighted by Crippen LogP contribution is -2.25. The van der Waals surface area contributed by atoms with Crippen LogP contribution in [-0.4, -0.2) is 50.9 Å². The fourth-order valence-electron chi connectivity index (χ4n) is 3.61. The van der Waals surface area contributed by atoms with Gasteiger partial charge in [-0.2, -0.15) is 5.10 Å². The molecule has 0 aliphatic carbocycles. The fraction of sp³-hybridized carbons (Fsp3) is 0.455. The molecule has 4 rings (SSSR count). The van der Waals surface area contributed by atoms with Crippen LogP contribution >= 0.6 is 23.1 Å². The summed E-state index contributed by atoms with van der Waals surface area (Å²) >= 11 is 2.86. The highest BCUT2D eigenvalue weighted by molar-refractivity contribution is 8.01. The largest absolute Gasteiger partial charge is 0.376 e. The second kappa shape index (κ2) is 10.9. The number of nitrogens with zero attached hydrogens (tertiary/aromatic N) is 4. The van der Waals surface area contributed by atoms with Crippen LogP contribution in [0.4, 0.5) is 5.13 Å². The molecule has 1 aliphatic rings. The Bertz CT molecular complexity index is 1030. The third-order valence-corrected chi connectivity index (χ3v) is 7.42. The van der Waals surface area contributed by atoms with Crippen LogP contribution in [0.1, 0.15) is 35.4 Å². The number of carbonyl (C=O) groups excluding carboxylic acids is 1. The van der Waals surface area contributed by atoms with Crippen LogP contribution in [0.15, 0.2) is 34.7 Å². The number of hydrogen-bond acceptors (Lipinski definition) is 8. The van der Waals surface area contributed by atoms with E-state index in [4.69, 9.17) is 4.74 Å². The highest BCUT2D eigenvalue weighted by Gasteiger charge is 2.16. The number of hydrogen-bond donors (Lipinski definition) is 2. The Morgan fingerprint density at radius 1 is 1.28 bits per heavy atom. The van der Waals surface area contributed by atoms with Crippen molar-refractivity contribution in [3.05, 3.63) is 52.8 Å². The Hall–Kier alpha value is -2.43. The predicted octanol–water partition coefficient (Wildman–Crippen LogP) is 3.40. The average Bonchev–Trinajstić information content (AvgIpc) is 3.53. The zero-order valence-corrected chi connectivity index (χ0v) is 20.0. The lowest BCUT2D eigenvalue weighted by atomic mass is 10.2. The summed E-state index contributed by atoms with van der Waals surface area (Å²) in [6, 6.07) is 10.2. The summed E-state index contributed by atoms with van der Waals surface area (Å²) in [4.78, 5) is 12.4. The first-order chi connectivity index (χ1) is 15.6. The van der Waals surface area contributed by atoms with E-state index in [9.17, 15) is 4.79 Å². The molecule has 0 bridgehead atoms. The van der Waals surface area contributed by atoms with Crippen LogP contribution in [-0.2, 0) is 22.6 Å². The molecule has 0 saturated carbocycles. The van der Waals surface area contributed by atoms with Crippen molar-refractivity contribution in [2.24, 2.45) is 0 Å². The van der Waals surface area contributed by atoms with Crippen LogP contribution in [0.3, 0.4) is 0 Å². The first-order valence-corrected chi connectivity index (χ1v) is 12.5. The number of carbonyl (C=O) groups is 1. The van der Waals surface area contributed by atoms with E-state index in [1.165, 1.54) is 28.7 Å². The Kier molecular flexibility index (Phi) is 7.77. The standard InChI is InChI=1S/C22H28N6O2S2/c1-15-19(16(2)28(27-15)13-17-7-4-3-5-8-17)12-23-20(29)14-31-22-26-25-21(32-22)24-11-18-9-6-10-30-18/h3-5,7-8,18H,6,9-14H2,1-2H3,(H,23,29)(H,24,25). The first-order valence-electron chi connectivity index (χ1n) is 10.7. The molecule has 10 heteroatoms. The van der Waals surface area contributed by atoms with E-state index >= 15 is 0 Å². The van der Waals surface area contributed by atoms with E-state index < -0.39 is 0 Å². The van der Waals surface area contributed by atoms with Gasteiger partial charge in [-0.1, -0.05) is 53.4 Å². The maximum Gasteiger partial charge on any atom is 0.230 e. The van der Waals surface area contributed by atoms with Gasteiger partial charge in [-0.15, -0.1) is 10.2 Å². The zero-order chi connectivity index (χ0) is 22.3. The molecule has 1 saturated heterocycles. The van der Waals surface area contributed by atoms with E-state index in [0.717, 1.165) is 59.0 Å². The van der Waals surface area contributed by atoms with Crippen molar-refractivity contribution in [3.8, 4) is 0 Å². The average molecular weight is 473 g/mol. The van der Waals surface area contributed by atoms with Gasteiger partial charge in [0.2, 0.25) is 11.0 Å². The SMILES string of the molecule is Cc1nn(Cc2ccccc2)c(C)c1CNC(=O)CSc1nnc(NCC2CCCO2)s1. The van der Waals surface area contributed by atoms with Crippen LogP contribution < -0.4 is 10.6 Å². The molecule has 8 nitrogen and oxygen atoms in total. The van der Waals surface area contributed by atoms with E-state index in [1.54, 1.807) is 0 Å². The summed E-state index contributed by atoms with van der Waals surface area (Å²) in [7, 11) is 0. The Morgan fingerprint density at radius 2 is 2.12 bits per heavy atom. The molecular formula is C22H28N6O2S2. The molecule has 0 radical (unpaired) electrons. The number of aryl methyl sites for hydroxylation is 1. The molecule has 170 valence electrons. The van der Waals surface area contributed by atoms with Crippen LogP contribution in [0.25, 0.3) is 0 Å². The number of ether oxygens (including phenoxy) is 1. The van der Waals surface area contributed by atoms with Gasteiger partial charge in [0.15, 0.2) is 4.34 Å². The molecule has 3 aromatic rings. The van der Waals surface area contributed by atoms with Crippen molar-refractivity contribution in [2.75, 3.05) is 24.2 Å². The fourth-order valence-corrected chi connectivity index (χ4v) is 5.20. The minimum atomic E-state index is -0.0336. The van der Waals surface area contributed by atoms with Gasteiger partial charge < -0.3 is 15.4 Å². The molecule has 1 atom stereocenters. The highest BCUT2D eigenvalue weighted by atomic mass is 32.2. The molecule has 3 heterocycles. The number of anilines is 1. The maximum atomic E-state index is 12.4. The maximum absolute atomic E-state index is 12.4. The number of thioether (sulfide) groups is 1. The number of aromatic nitrogens is 4. The topological polar surface area (TPSA) is 94.0 Å². The summed E-state index contributed by atoms with van der Waals surface area (Å²) in [5.74, 6) is 0.269. The summed E-state index contributed by atoms with van der Waals surface area (Å²) in [5, 5.41) is 20.0. The van der Waals surface area contributed by atoms with Gasteiger partial charge in [0.25, 0.3) is 0 Å². The normalized spacial score (nSPS) is 15.8. The zero-order valence-electron chi connectivity index (χ0n) is 18.3. The summed E-state index contributed by atoms with van der Waals surface area (Å²) in [6.07, 6.45) is 2.45. The molecular weight excluding hydrogens is 444 g/mol. The van der Waals surface area contributed by atoms with E-state index in [1.807, 2.05) is 36.7 Å². The van der Waals surface area contributed by atoms with Crippen LogP contribution in [0, 0.1) is 13.8 Å². The van der Waals surface area contributed by atoms with Gasteiger partial charge in [0.1, 0.15) is 0 Å². The quantitative estimate of drug-likeness (QED) is 0.437. The third kappa shape index (κ3) is 6.08. The van der Waals surface area contributed by atoms with Gasteiger partial charge >= 0.3 is 0 Å². The number of rotatable bonds is 10. The molecule has 0 spiro atoms. The van der Waals surface area contributed by atoms with Crippen molar-refractivity contribution in [2.45, 2.75) is 50.2 Å². The molecule has 1 unspecified atom stereocenters. The van der Waals surface area contributed by atoms with Crippen molar-refractivity contribution < 1.29 is 9.53 Å². The van der Waals surface area contributed by atoms with Crippen molar-refractivity contribution in [1.82, 2.24) is 25.3 Å². The Labute approximate surface area is 196 Å². The second-order valence-electron chi connectivity index (χ2n) is 7.75. The van der Waals surface area contributed by atoms with E-state index in [2.05, 4.69) is 38.1 Å². The minimum absolute atomic E-state index is 0.0336. The highest BCUT2D eigenvalue weighted by Crippen LogP contribution is 2.26. The number of nitrogens with one attached hydrogen (secondary N) is 2. The smallest absolute Gasteiger partial charge is 0.230 e. The molecule has 2 aromatic heterocycles. The van der Waals surface area contributed by atoms with Gasteiger partial charge in [-0.05, 0) is 32.3 Å². The minimum Gasteiger partial charge on any atom is -0.376 e. The van der Waals surface area contributed by atoms with Gasteiger partial charge in [-0.25, -0.2) is 0 Å². The summed E-state index contributed by atoms with van der Waals surface area (Å²) < 4.78 is 8.37. The summed E-state index contributed by atoms with van der Waals surface area (Å²) in [6.45, 7) is 6.80. The second-order valence-corrected chi connectivity index (χ2v) is 9.95. The van der Waals surface area contributed by atoms with Gasteiger partial charge in [0, 0.05) is 31.0 Å². The van der Waals surface area contributed by atoms with Crippen molar-refractivity contribution in [1.29, 1.82) is 0 Å². The third-order valence-electron chi connectivity index (χ3n) is 5.41. The van der Waals surface area contributed by atoms with Crippen LogP contribution in [0.5, 0.6) is 0 Å². The molecule has 1 fully saturated rings. The molecule has 32 heavy (non-hydrogen) atoms. The van der Waals surface area contributed by atoms with Crippen molar-refractivity contribution >= 4 is 34.1 Å². The molecule has 1 amide bonds. The molecule has 1 aliphatic heterocycles.